The second-order valence-electron chi connectivity index (χ2n) is 3.86. The van der Waals surface area contributed by atoms with Crippen molar-refractivity contribution in [1.29, 1.82) is 0 Å². The first-order chi connectivity index (χ1) is 7.16. The third-order valence-corrected chi connectivity index (χ3v) is 2.60. The van der Waals surface area contributed by atoms with Gasteiger partial charge < -0.3 is 15.4 Å². The van der Waals surface area contributed by atoms with Gasteiger partial charge in [0, 0.05) is 24.0 Å². The van der Waals surface area contributed by atoms with Crippen molar-refractivity contribution in [2.75, 3.05) is 30.4 Å². The molecule has 0 saturated carbocycles. The summed E-state index contributed by atoms with van der Waals surface area (Å²) in [4.78, 5) is 2.11. The van der Waals surface area contributed by atoms with Crippen LogP contribution in [-0.4, -0.2) is 25.8 Å². The van der Waals surface area contributed by atoms with Gasteiger partial charge in [0.25, 0.3) is 0 Å². The van der Waals surface area contributed by atoms with Crippen LogP contribution < -0.4 is 10.6 Å². The lowest BCUT2D eigenvalue weighted by atomic mass is 10.2. The highest BCUT2D eigenvalue weighted by Gasteiger charge is 2.19. The molecule has 1 aromatic rings. The van der Waals surface area contributed by atoms with Crippen molar-refractivity contribution < 1.29 is 9.13 Å². The predicted octanol–water partition coefficient (Wildman–Crippen LogP) is 1.63. The van der Waals surface area contributed by atoms with Crippen LogP contribution in [-0.2, 0) is 4.74 Å². The second-order valence-corrected chi connectivity index (χ2v) is 3.86. The highest BCUT2D eigenvalue weighted by Crippen LogP contribution is 2.23. The van der Waals surface area contributed by atoms with Crippen LogP contribution in [0.5, 0.6) is 0 Å². The quantitative estimate of drug-likeness (QED) is 0.716. The maximum absolute atomic E-state index is 13.2. The average molecular weight is 210 g/mol. The summed E-state index contributed by atoms with van der Waals surface area (Å²) < 4.78 is 18.5. The molecule has 2 N–H and O–H groups in total. The first kappa shape index (κ1) is 10.2. The zero-order valence-corrected chi connectivity index (χ0v) is 8.74. The second kappa shape index (κ2) is 4.06. The van der Waals surface area contributed by atoms with Crippen LogP contribution in [0.15, 0.2) is 18.2 Å². The molecule has 2 rings (SSSR count). The number of halogens is 1. The van der Waals surface area contributed by atoms with E-state index in [1.165, 1.54) is 12.1 Å². The molecule has 1 saturated heterocycles. The fourth-order valence-electron chi connectivity index (χ4n) is 1.87. The van der Waals surface area contributed by atoms with Gasteiger partial charge >= 0.3 is 0 Å². The minimum Gasteiger partial charge on any atom is -0.399 e. The van der Waals surface area contributed by atoms with Gasteiger partial charge in [-0.2, -0.15) is 0 Å². The lowest BCUT2D eigenvalue weighted by Crippen LogP contribution is -2.43. The summed E-state index contributed by atoms with van der Waals surface area (Å²) in [7, 11) is 0. The lowest BCUT2D eigenvalue weighted by molar-refractivity contribution is 0.0989. The number of hydrogen-bond acceptors (Lipinski definition) is 3. The molecule has 4 heteroatoms. The van der Waals surface area contributed by atoms with Gasteiger partial charge in [-0.3, -0.25) is 0 Å². The molecule has 82 valence electrons. The fraction of sp³-hybridized carbons (Fsp3) is 0.455. The normalized spacial score (nSPS) is 21.7. The van der Waals surface area contributed by atoms with Gasteiger partial charge in [-0.1, -0.05) is 0 Å². The molecule has 1 aromatic carbocycles. The fourth-order valence-corrected chi connectivity index (χ4v) is 1.87. The van der Waals surface area contributed by atoms with Crippen molar-refractivity contribution in [1.82, 2.24) is 0 Å². The van der Waals surface area contributed by atoms with Gasteiger partial charge in [0.1, 0.15) is 5.82 Å². The molecule has 1 fully saturated rings. The molecule has 1 atom stereocenters. The smallest absolute Gasteiger partial charge is 0.127 e. The van der Waals surface area contributed by atoms with Crippen molar-refractivity contribution in [3.05, 3.63) is 24.0 Å². The van der Waals surface area contributed by atoms with Gasteiger partial charge in [0.05, 0.1) is 13.2 Å². The Morgan fingerprint density at radius 3 is 2.93 bits per heavy atom. The van der Waals surface area contributed by atoms with Crippen molar-refractivity contribution in [2.24, 2.45) is 0 Å². The third kappa shape index (κ3) is 2.21. The number of benzene rings is 1. The average Bonchev–Trinajstić information content (AvgIpc) is 2.16. The minimum atomic E-state index is -0.288. The predicted molar refractivity (Wildman–Crippen MR) is 58.4 cm³/mol. The Hall–Kier alpha value is -1.29. The van der Waals surface area contributed by atoms with Crippen LogP contribution >= 0.6 is 0 Å². The molecule has 0 amide bonds. The Kier molecular flexibility index (Phi) is 2.77. The van der Waals surface area contributed by atoms with Crippen LogP contribution in [0.2, 0.25) is 0 Å². The Morgan fingerprint density at radius 1 is 1.47 bits per heavy atom. The van der Waals surface area contributed by atoms with Gasteiger partial charge in [0.2, 0.25) is 0 Å². The maximum Gasteiger partial charge on any atom is 0.127 e. The number of ether oxygens (including phenoxy) is 1. The van der Waals surface area contributed by atoms with Crippen molar-refractivity contribution in [2.45, 2.75) is 13.0 Å². The molecule has 1 aliphatic rings. The first-order valence-corrected chi connectivity index (χ1v) is 5.07. The number of rotatable bonds is 1. The van der Waals surface area contributed by atoms with E-state index in [9.17, 15) is 4.39 Å². The summed E-state index contributed by atoms with van der Waals surface area (Å²) in [6.07, 6.45) is 0. The molecular formula is C11H15FN2O. The molecule has 0 aromatic heterocycles. The van der Waals surface area contributed by atoms with Crippen molar-refractivity contribution in [3.8, 4) is 0 Å². The van der Waals surface area contributed by atoms with E-state index in [0.717, 1.165) is 12.2 Å². The SMILES string of the molecule is CC1COCCN1c1cc(N)cc(F)c1. The number of nitrogens with zero attached hydrogens (tertiary/aromatic N) is 1. The number of nitrogen functional groups attached to an aromatic ring is 1. The van der Waals surface area contributed by atoms with E-state index in [4.69, 9.17) is 10.5 Å². The largest absolute Gasteiger partial charge is 0.399 e. The maximum atomic E-state index is 13.2. The molecule has 0 spiro atoms. The Labute approximate surface area is 88.6 Å². The summed E-state index contributed by atoms with van der Waals surface area (Å²) in [5.41, 5.74) is 6.91. The summed E-state index contributed by atoms with van der Waals surface area (Å²) in [5.74, 6) is -0.288. The van der Waals surface area contributed by atoms with Crippen LogP contribution in [0.4, 0.5) is 15.8 Å². The van der Waals surface area contributed by atoms with Crippen LogP contribution in [0, 0.1) is 5.82 Å². The van der Waals surface area contributed by atoms with Gasteiger partial charge in [-0.15, -0.1) is 0 Å². The van der Waals surface area contributed by atoms with E-state index < -0.39 is 0 Å². The monoisotopic (exact) mass is 210 g/mol. The number of anilines is 2. The Bertz CT molecular complexity index is 336. The van der Waals surface area contributed by atoms with E-state index >= 15 is 0 Å². The molecule has 1 unspecified atom stereocenters. The van der Waals surface area contributed by atoms with Crippen LogP contribution in [0.1, 0.15) is 6.92 Å². The zero-order valence-electron chi connectivity index (χ0n) is 8.74. The Morgan fingerprint density at radius 2 is 2.27 bits per heavy atom. The topological polar surface area (TPSA) is 38.5 Å². The molecule has 0 aliphatic carbocycles. The van der Waals surface area contributed by atoms with Gasteiger partial charge in [0.15, 0.2) is 0 Å². The van der Waals surface area contributed by atoms with E-state index in [1.54, 1.807) is 6.07 Å². The summed E-state index contributed by atoms with van der Waals surface area (Å²) in [6, 6.07) is 4.90. The standard InChI is InChI=1S/C11H15FN2O/c1-8-7-15-3-2-14(8)11-5-9(12)4-10(13)6-11/h4-6,8H,2-3,7,13H2,1H3. The summed E-state index contributed by atoms with van der Waals surface area (Å²) >= 11 is 0. The first-order valence-electron chi connectivity index (χ1n) is 5.07. The number of nitrogens with two attached hydrogens (primary N) is 1. The zero-order chi connectivity index (χ0) is 10.8. The highest BCUT2D eigenvalue weighted by atomic mass is 19.1. The Balaban J connectivity index is 2.27. The molecule has 15 heavy (non-hydrogen) atoms. The highest BCUT2D eigenvalue weighted by molar-refractivity contribution is 5.57. The third-order valence-electron chi connectivity index (χ3n) is 2.60. The van der Waals surface area contributed by atoms with Crippen LogP contribution in [0.25, 0.3) is 0 Å². The molecular weight excluding hydrogens is 195 g/mol. The molecule has 3 nitrogen and oxygen atoms in total. The van der Waals surface area contributed by atoms with E-state index in [0.29, 0.717) is 18.9 Å². The molecule has 1 heterocycles. The molecule has 0 radical (unpaired) electrons. The number of hydrogen-bond donors (Lipinski definition) is 1. The van der Waals surface area contributed by atoms with Crippen molar-refractivity contribution in [3.63, 3.8) is 0 Å². The summed E-state index contributed by atoms with van der Waals surface area (Å²) in [6.45, 7) is 4.20. The van der Waals surface area contributed by atoms with Crippen molar-refractivity contribution >= 4 is 11.4 Å². The van der Waals surface area contributed by atoms with E-state index in [-0.39, 0.29) is 11.9 Å². The lowest BCUT2D eigenvalue weighted by Gasteiger charge is -2.35. The van der Waals surface area contributed by atoms with Crippen LogP contribution in [0.3, 0.4) is 0 Å². The molecule has 0 bridgehead atoms. The minimum absolute atomic E-state index is 0.264. The summed E-state index contributed by atoms with van der Waals surface area (Å²) in [5, 5.41) is 0. The van der Waals surface area contributed by atoms with Gasteiger partial charge in [-0.05, 0) is 25.1 Å². The van der Waals surface area contributed by atoms with E-state index in [1.807, 2.05) is 0 Å². The van der Waals surface area contributed by atoms with E-state index in [2.05, 4.69) is 11.8 Å². The molecule has 1 aliphatic heterocycles. The van der Waals surface area contributed by atoms with Gasteiger partial charge in [-0.25, -0.2) is 4.39 Å². The number of morpholine rings is 1.